The maximum absolute atomic E-state index is 5.72. The highest BCUT2D eigenvalue weighted by Crippen LogP contribution is 2.37. The molecule has 1 aromatic heterocycles. The van der Waals surface area contributed by atoms with Crippen LogP contribution in [0.2, 0.25) is 0 Å². The fraction of sp³-hybridized carbons (Fsp3) is 0.500. The number of oxime groups is 1. The molecule has 132 valence electrons. The first-order chi connectivity index (χ1) is 11.9. The van der Waals surface area contributed by atoms with Gasteiger partial charge in [-0.15, -0.1) is 0 Å². The quantitative estimate of drug-likeness (QED) is 0.853. The monoisotopic (exact) mass is 342 g/mol. The lowest BCUT2D eigenvalue weighted by Crippen LogP contribution is -2.26. The van der Waals surface area contributed by atoms with Crippen LogP contribution in [-0.4, -0.2) is 27.3 Å². The van der Waals surface area contributed by atoms with Crippen LogP contribution in [0.25, 0.3) is 5.69 Å². The van der Waals surface area contributed by atoms with E-state index in [-0.39, 0.29) is 6.79 Å². The maximum Gasteiger partial charge on any atom is 0.231 e. The number of hydrogen-bond acceptors (Lipinski definition) is 6. The Bertz CT molecular complexity index is 843. The van der Waals surface area contributed by atoms with Crippen LogP contribution >= 0.6 is 0 Å². The van der Waals surface area contributed by atoms with E-state index >= 15 is 0 Å². The lowest BCUT2D eigenvalue weighted by atomic mass is 9.99. The van der Waals surface area contributed by atoms with Gasteiger partial charge in [0.2, 0.25) is 6.79 Å². The SMILES string of the molecule is CC1=NO[C@@](C)(c2nc(CC(C)C)nn2-c2ccc3c(c2)OCO3)C1. The second-order valence-corrected chi connectivity index (χ2v) is 7.22. The van der Waals surface area contributed by atoms with Gasteiger partial charge in [0.25, 0.3) is 0 Å². The average Bonchev–Trinajstić information content (AvgIpc) is 3.25. The molecule has 7 heteroatoms. The summed E-state index contributed by atoms with van der Waals surface area (Å²) in [7, 11) is 0. The zero-order chi connectivity index (χ0) is 17.6. The third-order valence-corrected chi connectivity index (χ3v) is 4.31. The fourth-order valence-electron chi connectivity index (χ4n) is 3.20. The Labute approximate surface area is 146 Å². The lowest BCUT2D eigenvalue weighted by Gasteiger charge is -2.21. The standard InChI is InChI=1S/C18H22N4O3/c1-11(2)7-16-19-17(18(4)9-12(3)21-25-18)22(20-16)13-5-6-14-15(8-13)24-10-23-14/h5-6,8,11H,7,9-10H2,1-4H3/t18-/m1/s1. The molecule has 4 rings (SSSR count). The topological polar surface area (TPSA) is 70.8 Å². The van der Waals surface area contributed by atoms with Crippen molar-refractivity contribution in [1.29, 1.82) is 0 Å². The van der Waals surface area contributed by atoms with Gasteiger partial charge in [0, 0.05) is 18.9 Å². The third-order valence-electron chi connectivity index (χ3n) is 4.31. The van der Waals surface area contributed by atoms with E-state index in [1.165, 1.54) is 0 Å². The van der Waals surface area contributed by atoms with Crippen molar-refractivity contribution in [2.75, 3.05) is 6.79 Å². The van der Waals surface area contributed by atoms with Crippen LogP contribution in [0.1, 0.15) is 45.8 Å². The zero-order valence-corrected chi connectivity index (χ0v) is 14.9. The normalized spacial score (nSPS) is 21.6. The molecule has 2 aliphatic rings. The van der Waals surface area contributed by atoms with Crippen LogP contribution < -0.4 is 9.47 Å². The van der Waals surface area contributed by atoms with E-state index in [9.17, 15) is 0 Å². The maximum atomic E-state index is 5.72. The molecule has 0 N–H and O–H groups in total. The molecule has 0 saturated heterocycles. The molecule has 0 amide bonds. The van der Waals surface area contributed by atoms with Gasteiger partial charge in [-0.25, -0.2) is 9.67 Å². The summed E-state index contributed by atoms with van der Waals surface area (Å²) in [6.07, 6.45) is 1.50. The zero-order valence-electron chi connectivity index (χ0n) is 14.9. The van der Waals surface area contributed by atoms with Crippen LogP contribution in [0.3, 0.4) is 0 Å². The second-order valence-electron chi connectivity index (χ2n) is 7.22. The number of ether oxygens (including phenoxy) is 2. The average molecular weight is 342 g/mol. The van der Waals surface area contributed by atoms with Gasteiger partial charge < -0.3 is 14.3 Å². The molecular weight excluding hydrogens is 320 g/mol. The predicted octanol–water partition coefficient (Wildman–Crippen LogP) is 3.21. The Balaban J connectivity index is 1.79. The van der Waals surface area contributed by atoms with Crippen LogP contribution in [0.4, 0.5) is 0 Å². The van der Waals surface area contributed by atoms with Gasteiger partial charge in [0.1, 0.15) is 0 Å². The number of rotatable bonds is 4. The molecule has 0 fully saturated rings. The molecule has 3 heterocycles. The molecule has 0 spiro atoms. The van der Waals surface area contributed by atoms with E-state index in [2.05, 4.69) is 19.0 Å². The summed E-state index contributed by atoms with van der Waals surface area (Å²) in [5.74, 6) is 3.49. The highest BCUT2D eigenvalue weighted by Gasteiger charge is 2.40. The van der Waals surface area contributed by atoms with Gasteiger partial charge in [-0.1, -0.05) is 19.0 Å². The van der Waals surface area contributed by atoms with Crippen LogP contribution in [0.5, 0.6) is 11.5 Å². The first-order valence-electron chi connectivity index (χ1n) is 8.53. The van der Waals surface area contributed by atoms with Crippen LogP contribution in [0.15, 0.2) is 23.4 Å². The summed E-state index contributed by atoms with van der Waals surface area (Å²) in [4.78, 5) is 10.5. The minimum Gasteiger partial charge on any atom is -0.454 e. The minimum atomic E-state index is -0.622. The van der Waals surface area contributed by atoms with E-state index in [1.54, 1.807) is 0 Å². The Morgan fingerprint density at radius 1 is 1.24 bits per heavy atom. The van der Waals surface area contributed by atoms with Gasteiger partial charge in [-0.05, 0) is 31.9 Å². The summed E-state index contributed by atoms with van der Waals surface area (Å²) in [6, 6.07) is 5.77. The smallest absolute Gasteiger partial charge is 0.231 e. The highest BCUT2D eigenvalue weighted by atomic mass is 16.7. The number of hydrogen-bond donors (Lipinski definition) is 0. The van der Waals surface area contributed by atoms with Crippen molar-refractivity contribution >= 4 is 5.71 Å². The first kappa shape index (κ1) is 15.9. The molecule has 7 nitrogen and oxygen atoms in total. The van der Waals surface area contributed by atoms with E-state index in [0.717, 1.165) is 35.2 Å². The van der Waals surface area contributed by atoms with Crippen molar-refractivity contribution in [3.05, 3.63) is 29.8 Å². The van der Waals surface area contributed by atoms with Crippen molar-refractivity contribution in [3.63, 3.8) is 0 Å². The van der Waals surface area contributed by atoms with Gasteiger partial charge >= 0.3 is 0 Å². The predicted molar refractivity (Wildman–Crippen MR) is 92.2 cm³/mol. The fourth-order valence-corrected chi connectivity index (χ4v) is 3.20. The Hall–Kier alpha value is -2.57. The molecule has 0 saturated carbocycles. The molecule has 0 radical (unpaired) electrons. The molecule has 1 aromatic carbocycles. The Morgan fingerprint density at radius 3 is 2.76 bits per heavy atom. The lowest BCUT2D eigenvalue weighted by molar-refractivity contribution is -0.0160. The Kier molecular flexibility index (Phi) is 3.67. The van der Waals surface area contributed by atoms with Crippen LogP contribution in [-0.2, 0) is 16.9 Å². The summed E-state index contributed by atoms with van der Waals surface area (Å²) in [5.41, 5.74) is 1.20. The van der Waals surface area contributed by atoms with E-state index in [4.69, 9.17) is 24.4 Å². The van der Waals surface area contributed by atoms with E-state index in [0.29, 0.717) is 18.1 Å². The molecule has 0 aliphatic carbocycles. The van der Waals surface area contributed by atoms with Gasteiger partial charge in [0.15, 0.2) is 28.7 Å². The molecule has 2 aromatic rings. The molecular formula is C18H22N4O3. The molecule has 25 heavy (non-hydrogen) atoms. The summed E-state index contributed by atoms with van der Waals surface area (Å²) >= 11 is 0. The second kappa shape index (κ2) is 5.75. The number of benzene rings is 1. The Morgan fingerprint density at radius 2 is 2.04 bits per heavy atom. The van der Waals surface area contributed by atoms with Gasteiger partial charge in [0.05, 0.1) is 11.4 Å². The molecule has 2 aliphatic heterocycles. The van der Waals surface area contributed by atoms with Crippen molar-refractivity contribution in [2.45, 2.75) is 46.1 Å². The summed E-state index contributed by atoms with van der Waals surface area (Å²) < 4.78 is 12.7. The first-order valence-corrected chi connectivity index (χ1v) is 8.53. The highest BCUT2D eigenvalue weighted by molar-refractivity contribution is 5.83. The molecule has 1 atom stereocenters. The van der Waals surface area contributed by atoms with Gasteiger partial charge in [-0.2, -0.15) is 5.10 Å². The van der Waals surface area contributed by atoms with E-state index < -0.39 is 5.60 Å². The van der Waals surface area contributed by atoms with E-state index in [1.807, 2.05) is 36.7 Å². The van der Waals surface area contributed by atoms with Crippen molar-refractivity contribution < 1.29 is 14.3 Å². The summed E-state index contributed by atoms with van der Waals surface area (Å²) in [6.45, 7) is 8.51. The third kappa shape index (κ3) is 2.83. The van der Waals surface area contributed by atoms with Crippen molar-refractivity contribution in [1.82, 2.24) is 14.8 Å². The number of fused-ring (bicyclic) bond motifs is 1. The molecule has 0 bridgehead atoms. The number of aromatic nitrogens is 3. The van der Waals surface area contributed by atoms with Crippen molar-refractivity contribution in [3.8, 4) is 17.2 Å². The largest absolute Gasteiger partial charge is 0.454 e. The van der Waals surface area contributed by atoms with Crippen molar-refractivity contribution in [2.24, 2.45) is 11.1 Å². The summed E-state index contributed by atoms with van der Waals surface area (Å²) in [5, 5.41) is 8.86. The van der Waals surface area contributed by atoms with Crippen LogP contribution in [0, 0.1) is 5.92 Å². The minimum absolute atomic E-state index is 0.245. The van der Waals surface area contributed by atoms with Gasteiger partial charge in [-0.3, -0.25) is 0 Å². The molecule has 0 unspecified atom stereocenters. The number of nitrogens with zero attached hydrogens (tertiary/aromatic N) is 4.